The highest BCUT2D eigenvalue weighted by Gasteiger charge is 2.36. The van der Waals surface area contributed by atoms with Crippen LogP contribution >= 0.6 is 0 Å². The van der Waals surface area contributed by atoms with Crippen molar-refractivity contribution in [1.29, 1.82) is 0 Å². The number of hydrogen-bond acceptors (Lipinski definition) is 4. The predicted octanol–water partition coefficient (Wildman–Crippen LogP) is 3.99. The fourth-order valence-corrected chi connectivity index (χ4v) is 3.16. The first-order valence-corrected chi connectivity index (χ1v) is 9.29. The van der Waals surface area contributed by atoms with E-state index in [1.807, 2.05) is 32.9 Å². The number of anilines is 2. The highest BCUT2D eigenvalue weighted by atomic mass is 16.6. The van der Waals surface area contributed by atoms with Crippen molar-refractivity contribution in [2.24, 2.45) is 5.41 Å². The third-order valence-electron chi connectivity index (χ3n) is 4.85. The van der Waals surface area contributed by atoms with E-state index in [-0.39, 0.29) is 5.91 Å². The first-order chi connectivity index (χ1) is 13.2. The highest BCUT2D eigenvalue weighted by Crippen LogP contribution is 2.33. The lowest BCUT2D eigenvalue weighted by atomic mass is 9.90. The van der Waals surface area contributed by atoms with Gasteiger partial charge in [-0.3, -0.25) is 9.59 Å². The molecule has 0 unspecified atom stereocenters. The first kappa shape index (κ1) is 19.7. The van der Waals surface area contributed by atoms with Crippen molar-refractivity contribution in [3.63, 3.8) is 0 Å². The molecule has 0 atom stereocenters. The molecule has 0 radical (unpaired) electrons. The zero-order valence-corrected chi connectivity index (χ0v) is 16.9. The number of ether oxygens (including phenoxy) is 2. The second-order valence-electron chi connectivity index (χ2n) is 7.67. The van der Waals surface area contributed by atoms with E-state index < -0.39 is 11.3 Å². The molecule has 2 N–H and O–H groups in total. The van der Waals surface area contributed by atoms with Crippen molar-refractivity contribution >= 4 is 23.2 Å². The van der Waals surface area contributed by atoms with Crippen LogP contribution in [0.3, 0.4) is 0 Å². The Bertz CT molecular complexity index is 911. The monoisotopic (exact) mass is 382 g/mol. The fraction of sp³-hybridized carbons (Fsp3) is 0.364. The fourth-order valence-electron chi connectivity index (χ4n) is 3.16. The van der Waals surface area contributed by atoms with Crippen LogP contribution in [0, 0.1) is 26.2 Å². The number of carbonyl (C=O) groups is 2. The third-order valence-corrected chi connectivity index (χ3v) is 4.85. The van der Waals surface area contributed by atoms with Crippen molar-refractivity contribution in [3.8, 4) is 11.5 Å². The molecule has 28 heavy (non-hydrogen) atoms. The molecule has 0 aromatic heterocycles. The summed E-state index contributed by atoms with van der Waals surface area (Å²) in [5.41, 5.74) is 3.09. The summed E-state index contributed by atoms with van der Waals surface area (Å²) in [7, 11) is 0. The molecule has 0 saturated carbocycles. The van der Waals surface area contributed by atoms with Gasteiger partial charge in [0.05, 0.1) is 0 Å². The molecule has 2 aromatic rings. The lowest BCUT2D eigenvalue weighted by Crippen LogP contribution is -2.41. The van der Waals surface area contributed by atoms with Crippen LogP contribution in [0.25, 0.3) is 0 Å². The Labute approximate surface area is 165 Å². The van der Waals surface area contributed by atoms with Gasteiger partial charge in [-0.1, -0.05) is 17.7 Å². The highest BCUT2D eigenvalue weighted by molar-refractivity contribution is 6.14. The molecule has 6 nitrogen and oxygen atoms in total. The Kier molecular flexibility index (Phi) is 5.31. The van der Waals surface area contributed by atoms with Crippen molar-refractivity contribution < 1.29 is 19.1 Å². The molecule has 1 aliphatic heterocycles. The van der Waals surface area contributed by atoms with Crippen molar-refractivity contribution in [3.05, 3.63) is 47.0 Å². The smallest absolute Gasteiger partial charge is 0.239 e. The number of fused-ring (bicyclic) bond motifs is 1. The van der Waals surface area contributed by atoms with Crippen LogP contribution in [0.5, 0.6) is 11.5 Å². The second kappa shape index (κ2) is 7.54. The summed E-state index contributed by atoms with van der Waals surface area (Å²) in [5, 5.41) is 5.72. The Morgan fingerprint density at radius 3 is 2.07 bits per heavy atom. The second-order valence-corrected chi connectivity index (χ2v) is 7.67. The van der Waals surface area contributed by atoms with E-state index in [9.17, 15) is 9.59 Å². The number of nitrogens with one attached hydrogen (secondary N) is 2. The number of amides is 2. The topological polar surface area (TPSA) is 76.7 Å². The first-order valence-electron chi connectivity index (χ1n) is 9.29. The van der Waals surface area contributed by atoms with Gasteiger partial charge < -0.3 is 20.1 Å². The number of aryl methyl sites for hydroxylation is 3. The van der Waals surface area contributed by atoms with Gasteiger partial charge in [0.1, 0.15) is 18.6 Å². The largest absolute Gasteiger partial charge is 0.486 e. The molecule has 0 aliphatic carbocycles. The molecule has 0 fully saturated rings. The summed E-state index contributed by atoms with van der Waals surface area (Å²) in [6, 6.07) is 9.19. The molecular weight excluding hydrogens is 356 g/mol. The minimum absolute atomic E-state index is 0.363. The number of carbonyl (C=O) groups excluding carboxylic acids is 2. The van der Waals surface area contributed by atoms with Crippen LogP contribution < -0.4 is 20.1 Å². The molecule has 1 heterocycles. The zero-order valence-electron chi connectivity index (χ0n) is 16.9. The number of rotatable bonds is 4. The van der Waals surface area contributed by atoms with Crippen molar-refractivity contribution in [2.75, 3.05) is 23.8 Å². The van der Waals surface area contributed by atoms with E-state index in [1.54, 1.807) is 32.0 Å². The summed E-state index contributed by atoms with van der Waals surface area (Å²) in [4.78, 5) is 25.7. The van der Waals surface area contributed by atoms with Crippen molar-refractivity contribution in [1.82, 2.24) is 0 Å². The standard InChI is InChI=1S/C22H26N2O4/c1-13-10-14(2)19(15(3)11-13)24-21(26)22(4,5)20(25)23-16-6-7-17-18(12-16)28-9-8-27-17/h6-7,10-12H,8-9H2,1-5H3,(H,23,25)(H,24,26). The van der Waals surface area contributed by atoms with Crippen LogP contribution in [0.15, 0.2) is 30.3 Å². The summed E-state index contributed by atoms with van der Waals surface area (Å²) in [5.74, 6) is 0.463. The molecule has 1 aliphatic rings. The molecule has 2 amide bonds. The zero-order chi connectivity index (χ0) is 20.5. The summed E-state index contributed by atoms with van der Waals surface area (Å²) >= 11 is 0. The Balaban J connectivity index is 1.74. The Morgan fingerprint density at radius 1 is 0.857 bits per heavy atom. The van der Waals surface area contributed by atoms with E-state index in [1.165, 1.54) is 0 Å². The van der Waals surface area contributed by atoms with E-state index in [2.05, 4.69) is 10.6 Å². The van der Waals surface area contributed by atoms with Crippen LogP contribution in [-0.2, 0) is 9.59 Å². The molecule has 0 spiro atoms. The van der Waals surface area contributed by atoms with Gasteiger partial charge in [0.2, 0.25) is 11.8 Å². The summed E-state index contributed by atoms with van der Waals surface area (Å²) in [6.07, 6.45) is 0. The minimum Gasteiger partial charge on any atom is -0.486 e. The normalized spacial score (nSPS) is 13.0. The van der Waals surface area contributed by atoms with E-state index >= 15 is 0 Å². The lowest BCUT2D eigenvalue weighted by molar-refractivity contribution is -0.135. The number of hydrogen-bond donors (Lipinski definition) is 2. The van der Waals surface area contributed by atoms with E-state index in [0.717, 1.165) is 22.4 Å². The summed E-state index contributed by atoms with van der Waals surface area (Å²) in [6.45, 7) is 10.1. The van der Waals surface area contributed by atoms with Crippen molar-refractivity contribution in [2.45, 2.75) is 34.6 Å². The maximum atomic E-state index is 12.9. The molecule has 6 heteroatoms. The molecule has 0 saturated heterocycles. The van der Waals surface area contributed by atoms with Gasteiger partial charge in [-0.25, -0.2) is 0 Å². The maximum Gasteiger partial charge on any atom is 0.239 e. The lowest BCUT2D eigenvalue weighted by Gasteiger charge is -2.25. The third kappa shape index (κ3) is 3.96. The SMILES string of the molecule is Cc1cc(C)c(NC(=O)C(C)(C)C(=O)Nc2ccc3c(c2)OCCO3)c(C)c1. The average Bonchev–Trinajstić information content (AvgIpc) is 2.64. The van der Waals surface area contributed by atoms with Gasteiger partial charge in [-0.05, 0) is 57.9 Å². The van der Waals surface area contributed by atoms with Gasteiger partial charge >= 0.3 is 0 Å². The van der Waals surface area contributed by atoms with Gasteiger partial charge in [-0.15, -0.1) is 0 Å². The Hall–Kier alpha value is -3.02. The number of benzene rings is 2. The molecular formula is C22H26N2O4. The van der Waals surface area contributed by atoms with Crippen LogP contribution in [-0.4, -0.2) is 25.0 Å². The summed E-state index contributed by atoms with van der Waals surface area (Å²) < 4.78 is 11.0. The maximum absolute atomic E-state index is 12.9. The van der Waals surface area contributed by atoms with Gasteiger partial charge in [0.15, 0.2) is 11.5 Å². The van der Waals surface area contributed by atoms with E-state index in [0.29, 0.717) is 30.4 Å². The quantitative estimate of drug-likeness (QED) is 0.784. The van der Waals surface area contributed by atoms with E-state index in [4.69, 9.17) is 9.47 Å². The van der Waals surface area contributed by atoms with Gasteiger partial charge in [0, 0.05) is 17.4 Å². The van der Waals surface area contributed by atoms with Gasteiger partial charge in [0.25, 0.3) is 0 Å². The molecule has 3 rings (SSSR count). The Morgan fingerprint density at radius 2 is 1.43 bits per heavy atom. The predicted molar refractivity (Wildman–Crippen MR) is 109 cm³/mol. The average molecular weight is 382 g/mol. The molecule has 0 bridgehead atoms. The van der Waals surface area contributed by atoms with Crippen LogP contribution in [0.1, 0.15) is 30.5 Å². The molecule has 2 aromatic carbocycles. The van der Waals surface area contributed by atoms with Crippen LogP contribution in [0.2, 0.25) is 0 Å². The molecule has 148 valence electrons. The minimum atomic E-state index is -1.27. The van der Waals surface area contributed by atoms with Crippen LogP contribution in [0.4, 0.5) is 11.4 Å². The van der Waals surface area contributed by atoms with Gasteiger partial charge in [-0.2, -0.15) is 0 Å².